The van der Waals surface area contributed by atoms with Crippen LogP contribution >= 0.6 is 0 Å². The molecule has 6 heteroatoms. The second-order valence-corrected chi connectivity index (χ2v) is 6.34. The zero-order valence-corrected chi connectivity index (χ0v) is 15.0. The SMILES string of the molecule is CCCCCCCCc1ccc(-c2noc(C(C)NC(=O)O)n2)cc1. The number of hydrogen-bond acceptors (Lipinski definition) is 4. The first-order chi connectivity index (χ1) is 12.1. The van der Waals surface area contributed by atoms with E-state index in [9.17, 15) is 4.79 Å². The Kier molecular flexibility index (Phi) is 7.44. The number of unbranched alkanes of at least 4 members (excludes halogenated alkanes) is 5. The fourth-order valence-electron chi connectivity index (χ4n) is 2.71. The molecule has 0 saturated carbocycles. The highest BCUT2D eigenvalue weighted by Gasteiger charge is 2.16. The van der Waals surface area contributed by atoms with Gasteiger partial charge in [-0.2, -0.15) is 4.98 Å². The van der Waals surface area contributed by atoms with Gasteiger partial charge in [0.15, 0.2) is 0 Å². The third kappa shape index (κ3) is 6.21. The van der Waals surface area contributed by atoms with Gasteiger partial charge < -0.3 is 14.9 Å². The summed E-state index contributed by atoms with van der Waals surface area (Å²) in [4.78, 5) is 14.9. The molecule has 1 unspecified atom stereocenters. The molecule has 2 rings (SSSR count). The molecule has 2 aromatic rings. The normalized spacial score (nSPS) is 12.1. The van der Waals surface area contributed by atoms with Crippen molar-refractivity contribution in [3.8, 4) is 11.4 Å². The number of nitrogens with one attached hydrogen (secondary N) is 1. The van der Waals surface area contributed by atoms with Crippen molar-refractivity contribution in [2.75, 3.05) is 0 Å². The maximum absolute atomic E-state index is 10.7. The summed E-state index contributed by atoms with van der Waals surface area (Å²) in [6.07, 6.45) is 7.74. The van der Waals surface area contributed by atoms with Gasteiger partial charge in [-0.3, -0.25) is 0 Å². The van der Waals surface area contributed by atoms with Crippen LogP contribution in [0.25, 0.3) is 11.4 Å². The first-order valence-corrected chi connectivity index (χ1v) is 9.02. The zero-order valence-electron chi connectivity index (χ0n) is 15.0. The molecule has 0 bridgehead atoms. The summed E-state index contributed by atoms with van der Waals surface area (Å²) in [5, 5.41) is 15.0. The number of nitrogens with zero attached hydrogens (tertiary/aromatic N) is 2. The van der Waals surface area contributed by atoms with Gasteiger partial charge in [-0.1, -0.05) is 68.4 Å². The quantitative estimate of drug-likeness (QED) is 0.594. The molecule has 136 valence electrons. The number of carbonyl (C=O) groups is 1. The van der Waals surface area contributed by atoms with E-state index in [2.05, 4.69) is 34.5 Å². The molecule has 0 spiro atoms. The Morgan fingerprint density at radius 3 is 2.52 bits per heavy atom. The van der Waals surface area contributed by atoms with E-state index in [0.29, 0.717) is 5.82 Å². The molecule has 0 saturated heterocycles. The van der Waals surface area contributed by atoms with Crippen molar-refractivity contribution < 1.29 is 14.4 Å². The van der Waals surface area contributed by atoms with Gasteiger partial charge in [0.2, 0.25) is 11.7 Å². The van der Waals surface area contributed by atoms with Crippen molar-refractivity contribution >= 4 is 6.09 Å². The smallest absolute Gasteiger partial charge is 0.405 e. The predicted octanol–water partition coefficient (Wildman–Crippen LogP) is 4.97. The van der Waals surface area contributed by atoms with Crippen LogP contribution in [0.1, 0.15) is 69.9 Å². The molecule has 1 atom stereocenters. The highest BCUT2D eigenvalue weighted by molar-refractivity contribution is 5.65. The first kappa shape index (κ1) is 19.0. The maximum atomic E-state index is 10.7. The van der Waals surface area contributed by atoms with Crippen LogP contribution in [0.15, 0.2) is 28.8 Å². The molecule has 2 N–H and O–H groups in total. The van der Waals surface area contributed by atoms with E-state index in [1.165, 1.54) is 44.1 Å². The van der Waals surface area contributed by atoms with Gasteiger partial charge in [0, 0.05) is 5.56 Å². The predicted molar refractivity (Wildman–Crippen MR) is 96.4 cm³/mol. The van der Waals surface area contributed by atoms with Crippen molar-refractivity contribution in [1.82, 2.24) is 15.5 Å². The monoisotopic (exact) mass is 345 g/mol. The van der Waals surface area contributed by atoms with Crippen molar-refractivity contribution in [2.45, 2.75) is 64.8 Å². The van der Waals surface area contributed by atoms with Gasteiger partial charge in [-0.25, -0.2) is 4.79 Å². The second kappa shape index (κ2) is 9.81. The number of amides is 1. The van der Waals surface area contributed by atoms with E-state index in [1.54, 1.807) is 6.92 Å². The lowest BCUT2D eigenvalue weighted by molar-refractivity contribution is 0.187. The zero-order chi connectivity index (χ0) is 18.1. The Labute approximate surface area is 148 Å². The molecule has 25 heavy (non-hydrogen) atoms. The summed E-state index contributed by atoms with van der Waals surface area (Å²) in [6.45, 7) is 3.90. The van der Waals surface area contributed by atoms with Crippen molar-refractivity contribution in [1.29, 1.82) is 0 Å². The van der Waals surface area contributed by atoms with Crippen LogP contribution in [-0.2, 0) is 6.42 Å². The summed E-state index contributed by atoms with van der Waals surface area (Å²) < 4.78 is 5.14. The van der Waals surface area contributed by atoms with Crippen LogP contribution in [0.4, 0.5) is 4.79 Å². The summed E-state index contributed by atoms with van der Waals surface area (Å²) in [7, 11) is 0. The third-order valence-electron chi connectivity index (χ3n) is 4.18. The number of carboxylic acid groups (broad SMARTS) is 1. The minimum Gasteiger partial charge on any atom is -0.465 e. The van der Waals surface area contributed by atoms with Crippen LogP contribution in [0, 0.1) is 0 Å². The van der Waals surface area contributed by atoms with E-state index in [0.717, 1.165) is 12.0 Å². The molecule has 0 fully saturated rings. The lowest BCUT2D eigenvalue weighted by Gasteiger charge is -2.04. The molecule has 0 radical (unpaired) electrons. The average molecular weight is 345 g/mol. The Bertz CT molecular complexity index is 652. The highest BCUT2D eigenvalue weighted by atomic mass is 16.5. The lowest BCUT2D eigenvalue weighted by Crippen LogP contribution is -2.24. The van der Waals surface area contributed by atoms with E-state index in [4.69, 9.17) is 9.63 Å². The Morgan fingerprint density at radius 2 is 1.84 bits per heavy atom. The van der Waals surface area contributed by atoms with Crippen LogP contribution in [-0.4, -0.2) is 21.3 Å². The molecular weight excluding hydrogens is 318 g/mol. The average Bonchev–Trinajstić information content (AvgIpc) is 3.08. The van der Waals surface area contributed by atoms with Gasteiger partial charge in [0.25, 0.3) is 0 Å². The van der Waals surface area contributed by atoms with E-state index in [1.807, 2.05) is 12.1 Å². The number of hydrogen-bond donors (Lipinski definition) is 2. The van der Waals surface area contributed by atoms with E-state index < -0.39 is 12.1 Å². The molecular formula is C19H27N3O3. The molecule has 0 aliphatic heterocycles. The number of benzene rings is 1. The molecule has 1 aromatic carbocycles. The fourth-order valence-corrected chi connectivity index (χ4v) is 2.71. The minimum atomic E-state index is -1.12. The lowest BCUT2D eigenvalue weighted by atomic mass is 10.0. The van der Waals surface area contributed by atoms with E-state index >= 15 is 0 Å². The standard InChI is InChI=1S/C19H27N3O3/c1-3-4-5-6-7-8-9-15-10-12-16(13-11-15)17-21-18(25-22-17)14(2)20-19(23)24/h10-14,20H,3-9H2,1-2H3,(H,23,24). The molecule has 0 aliphatic rings. The summed E-state index contributed by atoms with van der Waals surface area (Å²) in [5.41, 5.74) is 2.17. The molecule has 1 aromatic heterocycles. The fraction of sp³-hybridized carbons (Fsp3) is 0.526. The van der Waals surface area contributed by atoms with Crippen molar-refractivity contribution in [3.05, 3.63) is 35.7 Å². The van der Waals surface area contributed by atoms with Crippen molar-refractivity contribution in [2.24, 2.45) is 0 Å². The van der Waals surface area contributed by atoms with Gasteiger partial charge in [0.1, 0.15) is 6.04 Å². The van der Waals surface area contributed by atoms with Gasteiger partial charge >= 0.3 is 6.09 Å². The van der Waals surface area contributed by atoms with Gasteiger partial charge in [-0.05, 0) is 25.3 Å². The van der Waals surface area contributed by atoms with Crippen molar-refractivity contribution in [3.63, 3.8) is 0 Å². The molecule has 0 aliphatic carbocycles. The number of rotatable bonds is 10. The van der Waals surface area contributed by atoms with Crippen LogP contribution in [0.3, 0.4) is 0 Å². The second-order valence-electron chi connectivity index (χ2n) is 6.34. The van der Waals surface area contributed by atoms with E-state index in [-0.39, 0.29) is 5.89 Å². The highest BCUT2D eigenvalue weighted by Crippen LogP contribution is 2.20. The van der Waals surface area contributed by atoms with Crippen LogP contribution in [0.2, 0.25) is 0 Å². The third-order valence-corrected chi connectivity index (χ3v) is 4.18. The largest absolute Gasteiger partial charge is 0.465 e. The van der Waals surface area contributed by atoms with Gasteiger partial charge in [-0.15, -0.1) is 0 Å². The molecule has 1 amide bonds. The topological polar surface area (TPSA) is 88.2 Å². The number of aromatic nitrogens is 2. The van der Waals surface area contributed by atoms with Gasteiger partial charge in [0.05, 0.1) is 0 Å². The molecule has 1 heterocycles. The molecule has 6 nitrogen and oxygen atoms in total. The first-order valence-electron chi connectivity index (χ1n) is 9.02. The summed E-state index contributed by atoms with van der Waals surface area (Å²) in [5.74, 6) is 0.730. The Balaban J connectivity index is 1.85. The van der Waals surface area contributed by atoms with Crippen LogP contribution < -0.4 is 5.32 Å². The Hall–Kier alpha value is -2.37. The summed E-state index contributed by atoms with van der Waals surface area (Å²) >= 11 is 0. The Morgan fingerprint density at radius 1 is 1.16 bits per heavy atom. The maximum Gasteiger partial charge on any atom is 0.405 e. The number of aryl methyl sites for hydroxylation is 1. The summed E-state index contributed by atoms with van der Waals surface area (Å²) in [6, 6.07) is 7.62. The van der Waals surface area contributed by atoms with Crippen LogP contribution in [0.5, 0.6) is 0 Å². The minimum absolute atomic E-state index is 0.258.